The van der Waals surface area contributed by atoms with E-state index in [0.29, 0.717) is 0 Å². The first kappa shape index (κ1) is 23.5. The molecular weight excluding hydrogens is 150 g/mol. The second kappa shape index (κ2) is 7.56. The van der Waals surface area contributed by atoms with Gasteiger partial charge in [0, 0.05) is 0 Å². The number of rotatable bonds is 0. The van der Waals surface area contributed by atoms with Crippen molar-refractivity contribution < 1.29 is 25.9 Å². The fourth-order valence-electron chi connectivity index (χ4n) is 0. The van der Waals surface area contributed by atoms with Crippen LogP contribution in [0.3, 0.4) is 0 Å². The van der Waals surface area contributed by atoms with Crippen LogP contribution >= 0.6 is 0 Å². The van der Waals surface area contributed by atoms with Crippen LogP contribution in [0.5, 0.6) is 0 Å². The molecule has 8 heteroatoms. The predicted molar refractivity (Wildman–Crippen MR) is 30.8 cm³/mol. The van der Waals surface area contributed by atoms with Crippen LogP contribution in [0.15, 0.2) is 0 Å². The molecule has 7 N–H and O–H groups in total. The van der Waals surface area contributed by atoms with E-state index in [0.717, 1.165) is 0 Å². The standard InChI is InChI=1S/Mg.H3N.H2O4S.H2O.2H/c;;1-5(2,3)4;;;/h;1H3;(H2,1,2,3,4);1H2;;/q+2;;;;2*-1. The van der Waals surface area contributed by atoms with Crippen LogP contribution in [0.2, 0.25) is 0 Å². The Morgan fingerprint density at radius 3 is 1.25 bits per heavy atom. The molecule has 52 valence electrons. The molecule has 0 saturated carbocycles. The van der Waals surface area contributed by atoms with E-state index in [1.807, 2.05) is 0 Å². The molecule has 0 aliphatic heterocycles. The molecular formula is H9MgNO5S. The SMILES string of the molecule is N.O.O=S(=O)(O)O.[H-].[H-].[Mg+2]. The van der Waals surface area contributed by atoms with Crippen LogP contribution in [0.4, 0.5) is 0 Å². The summed E-state index contributed by atoms with van der Waals surface area (Å²) in [5.74, 6) is 0. The van der Waals surface area contributed by atoms with Crippen LogP contribution < -0.4 is 6.15 Å². The van der Waals surface area contributed by atoms with Crippen LogP contribution in [-0.4, -0.2) is 46.1 Å². The van der Waals surface area contributed by atoms with Crippen molar-refractivity contribution in [3.8, 4) is 0 Å². The van der Waals surface area contributed by atoms with Crippen LogP contribution in [0.25, 0.3) is 0 Å². The van der Waals surface area contributed by atoms with Crippen molar-refractivity contribution >= 4 is 33.5 Å². The summed E-state index contributed by atoms with van der Waals surface area (Å²) in [6.07, 6.45) is 0. The quantitative estimate of drug-likeness (QED) is 0.292. The molecule has 0 aliphatic carbocycles. The summed E-state index contributed by atoms with van der Waals surface area (Å²) in [6.45, 7) is 0. The maximum Gasteiger partial charge on any atom is 2.00 e. The third-order valence-electron chi connectivity index (χ3n) is 0. The minimum Gasteiger partial charge on any atom is -1.00 e. The summed E-state index contributed by atoms with van der Waals surface area (Å²) in [5, 5.41) is 0. The summed E-state index contributed by atoms with van der Waals surface area (Å²) in [6, 6.07) is 0. The third-order valence-corrected chi connectivity index (χ3v) is 0. The van der Waals surface area contributed by atoms with E-state index in [9.17, 15) is 0 Å². The average Bonchev–Trinajstić information content (AvgIpc) is 0.722. The van der Waals surface area contributed by atoms with Gasteiger partial charge in [-0.3, -0.25) is 9.11 Å². The Balaban J connectivity index is -0.00000000800. The summed E-state index contributed by atoms with van der Waals surface area (Å²) < 4.78 is 31.6. The Hall–Kier alpha value is 0.556. The average molecular weight is 159 g/mol. The monoisotopic (exact) mass is 159 g/mol. The Morgan fingerprint density at radius 1 is 1.25 bits per heavy atom. The van der Waals surface area contributed by atoms with E-state index in [4.69, 9.17) is 17.5 Å². The molecule has 0 aromatic rings. The first-order valence-electron chi connectivity index (χ1n) is 0.698. The van der Waals surface area contributed by atoms with Crippen LogP contribution in [-0.2, 0) is 10.4 Å². The predicted octanol–water partition coefficient (Wildman–Crippen LogP) is -1.47. The van der Waals surface area contributed by atoms with Crippen LogP contribution in [0.1, 0.15) is 2.85 Å². The zero-order chi connectivity index (χ0) is 4.50. The van der Waals surface area contributed by atoms with E-state index in [-0.39, 0.29) is 37.5 Å². The maximum absolute atomic E-state index is 8.74. The molecule has 0 bridgehead atoms. The smallest absolute Gasteiger partial charge is 1.00 e. The minimum absolute atomic E-state index is 0. The van der Waals surface area contributed by atoms with Gasteiger partial charge in [-0.1, -0.05) is 0 Å². The Labute approximate surface area is 65.9 Å². The van der Waals surface area contributed by atoms with Gasteiger partial charge in [0.1, 0.15) is 0 Å². The zero-order valence-electron chi connectivity index (χ0n) is 6.03. The molecule has 0 spiro atoms. The van der Waals surface area contributed by atoms with Crippen molar-refractivity contribution in [3.63, 3.8) is 0 Å². The molecule has 0 amide bonds. The van der Waals surface area contributed by atoms with Crippen molar-refractivity contribution in [2.75, 3.05) is 0 Å². The van der Waals surface area contributed by atoms with Gasteiger partial charge in [-0.2, -0.15) is 8.42 Å². The van der Waals surface area contributed by atoms with Gasteiger partial charge in [-0.15, -0.1) is 0 Å². The Bertz CT molecular complexity index is 103. The van der Waals surface area contributed by atoms with Crippen molar-refractivity contribution in [2.24, 2.45) is 0 Å². The van der Waals surface area contributed by atoms with Gasteiger partial charge >= 0.3 is 33.5 Å². The summed E-state index contributed by atoms with van der Waals surface area (Å²) in [4.78, 5) is 0. The molecule has 0 heterocycles. The minimum atomic E-state index is -4.67. The molecule has 0 fully saturated rings. The molecule has 0 aromatic heterocycles. The van der Waals surface area contributed by atoms with E-state index < -0.39 is 10.4 Å². The topological polar surface area (TPSA) is 141 Å². The molecule has 0 unspecified atom stereocenters. The van der Waals surface area contributed by atoms with Gasteiger partial charge in [-0.05, 0) is 0 Å². The Morgan fingerprint density at radius 2 is 1.25 bits per heavy atom. The van der Waals surface area contributed by atoms with Crippen molar-refractivity contribution in [1.29, 1.82) is 0 Å². The molecule has 0 aliphatic rings. The van der Waals surface area contributed by atoms with E-state index in [2.05, 4.69) is 0 Å². The van der Waals surface area contributed by atoms with Crippen molar-refractivity contribution in [1.82, 2.24) is 6.15 Å². The third kappa shape index (κ3) is 654. The van der Waals surface area contributed by atoms with E-state index >= 15 is 0 Å². The van der Waals surface area contributed by atoms with Gasteiger partial charge in [0.05, 0.1) is 0 Å². The second-order valence-corrected chi connectivity index (χ2v) is 1.34. The fraction of sp³-hybridized carbons (Fsp3) is 0. The first-order chi connectivity index (χ1) is 2.00. The van der Waals surface area contributed by atoms with Gasteiger partial charge in [0.25, 0.3) is 0 Å². The molecule has 6 nitrogen and oxygen atoms in total. The molecule has 0 radical (unpaired) electrons. The summed E-state index contributed by atoms with van der Waals surface area (Å²) in [5.41, 5.74) is 0. The second-order valence-electron chi connectivity index (χ2n) is 0.448. The summed E-state index contributed by atoms with van der Waals surface area (Å²) >= 11 is 0. The molecule has 0 rings (SSSR count). The van der Waals surface area contributed by atoms with Crippen molar-refractivity contribution in [2.45, 2.75) is 0 Å². The molecule has 0 aromatic carbocycles. The first-order valence-corrected chi connectivity index (χ1v) is 2.10. The molecule has 0 saturated heterocycles. The number of hydrogen-bond acceptors (Lipinski definition) is 3. The summed E-state index contributed by atoms with van der Waals surface area (Å²) in [7, 11) is -4.67. The molecule has 8 heavy (non-hydrogen) atoms. The van der Waals surface area contributed by atoms with Gasteiger partial charge in [0.15, 0.2) is 0 Å². The van der Waals surface area contributed by atoms with Gasteiger partial charge in [0.2, 0.25) is 0 Å². The van der Waals surface area contributed by atoms with Crippen molar-refractivity contribution in [3.05, 3.63) is 0 Å². The Kier molecular flexibility index (Phi) is 22.2. The maximum atomic E-state index is 8.74. The zero-order valence-corrected chi connectivity index (χ0v) is 6.26. The normalized spacial score (nSPS) is 7.25. The van der Waals surface area contributed by atoms with Gasteiger partial charge < -0.3 is 14.5 Å². The fourth-order valence-corrected chi connectivity index (χ4v) is 0. The number of hydrogen-bond donors (Lipinski definition) is 3. The van der Waals surface area contributed by atoms with E-state index in [1.165, 1.54) is 0 Å². The van der Waals surface area contributed by atoms with E-state index in [1.54, 1.807) is 0 Å². The molecule has 0 atom stereocenters. The van der Waals surface area contributed by atoms with Crippen LogP contribution in [0, 0.1) is 0 Å². The largest absolute Gasteiger partial charge is 2.00 e. The van der Waals surface area contributed by atoms with Gasteiger partial charge in [-0.25, -0.2) is 0 Å².